The molecule has 1 fully saturated rings. The van der Waals surface area contributed by atoms with Crippen molar-refractivity contribution in [3.8, 4) is 5.75 Å². The number of fused-ring (bicyclic) bond motifs is 1. The number of hydrogen-bond donors (Lipinski definition) is 1. The summed E-state index contributed by atoms with van der Waals surface area (Å²) < 4.78 is 11.0. The lowest BCUT2D eigenvalue weighted by Gasteiger charge is -2.43. The van der Waals surface area contributed by atoms with E-state index in [4.69, 9.17) is 15.2 Å². The van der Waals surface area contributed by atoms with Gasteiger partial charge in [-0.2, -0.15) is 0 Å². The van der Waals surface area contributed by atoms with Crippen LogP contribution in [0.5, 0.6) is 5.75 Å². The smallest absolute Gasteiger partial charge is 0.119 e. The van der Waals surface area contributed by atoms with E-state index in [1.807, 2.05) is 13.2 Å². The van der Waals surface area contributed by atoms with Gasteiger partial charge in [0.15, 0.2) is 0 Å². The molecule has 21 heavy (non-hydrogen) atoms. The van der Waals surface area contributed by atoms with E-state index >= 15 is 0 Å². The summed E-state index contributed by atoms with van der Waals surface area (Å²) in [5.41, 5.74) is 9.10. The average molecular weight is 290 g/mol. The number of nitrogens with zero attached hydrogens (tertiary/aromatic N) is 1. The van der Waals surface area contributed by atoms with Crippen molar-refractivity contribution in [3.05, 3.63) is 29.3 Å². The Balaban J connectivity index is 1.79. The molecule has 1 saturated heterocycles. The molecule has 3 atom stereocenters. The topological polar surface area (TPSA) is 47.7 Å². The van der Waals surface area contributed by atoms with E-state index in [0.717, 1.165) is 31.7 Å². The highest BCUT2D eigenvalue weighted by atomic mass is 16.5. The maximum atomic E-state index is 6.54. The molecule has 1 aliphatic carbocycles. The van der Waals surface area contributed by atoms with Gasteiger partial charge in [0.1, 0.15) is 5.75 Å². The van der Waals surface area contributed by atoms with Crippen LogP contribution >= 0.6 is 0 Å². The van der Waals surface area contributed by atoms with Crippen molar-refractivity contribution in [2.24, 2.45) is 5.73 Å². The largest absolute Gasteiger partial charge is 0.497 e. The second-order valence-corrected chi connectivity index (χ2v) is 6.59. The van der Waals surface area contributed by atoms with Crippen LogP contribution < -0.4 is 10.5 Å². The van der Waals surface area contributed by atoms with E-state index in [1.165, 1.54) is 17.5 Å². The maximum Gasteiger partial charge on any atom is 0.119 e. The Morgan fingerprint density at radius 2 is 2.14 bits per heavy atom. The summed E-state index contributed by atoms with van der Waals surface area (Å²) in [5.74, 6) is 0.894. The first-order valence-electron chi connectivity index (χ1n) is 7.78. The highest BCUT2D eigenvalue weighted by molar-refractivity contribution is 5.42. The molecule has 1 aliphatic heterocycles. The number of hydrogen-bond acceptors (Lipinski definition) is 4. The molecule has 1 aromatic rings. The zero-order chi connectivity index (χ0) is 15.0. The van der Waals surface area contributed by atoms with E-state index in [0.29, 0.717) is 6.04 Å². The zero-order valence-corrected chi connectivity index (χ0v) is 13.3. The fourth-order valence-corrected chi connectivity index (χ4v) is 3.81. The van der Waals surface area contributed by atoms with Crippen molar-refractivity contribution in [1.29, 1.82) is 0 Å². The molecule has 0 bridgehead atoms. The van der Waals surface area contributed by atoms with Crippen molar-refractivity contribution in [3.63, 3.8) is 0 Å². The van der Waals surface area contributed by atoms with Gasteiger partial charge in [0.05, 0.1) is 12.7 Å². The summed E-state index contributed by atoms with van der Waals surface area (Å²) in [6.45, 7) is 4.28. The van der Waals surface area contributed by atoms with Crippen LogP contribution in [0.4, 0.5) is 0 Å². The van der Waals surface area contributed by atoms with Gasteiger partial charge in [-0.3, -0.25) is 4.90 Å². The van der Waals surface area contributed by atoms with Crippen molar-refractivity contribution in [2.45, 2.75) is 43.9 Å². The monoisotopic (exact) mass is 290 g/mol. The van der Waals surface area contributed by atoms with E-state index < -0.39 is 0 Å². The van der Waals surface area contributed by atoms with Gasteiger partial charge < -0.3 is 15.2 Å². The molecule has 116 valence electrons. The van der Waals surface area contributed by atoms with E-state index in [1.54, 1.807) is 7.11 Å². The summed E-state index contributed by atoms with van der Waals surface area (Å²) in [5, 5.41) is 0. The summed E-state index contributed by atoms with van der Waals surface area (Å²) in [6.07, 6.45) is 3.33. The number of ether oxygens (including phenoxy) is 2. The molecular formula is C17H26N2O2. The second kappa shape index (κ2) is 5.59. The Bertz CT molecular complexity index is 520. The normalized spacial score (nSPS) is 33.0. The van der Waals surface area contributed by atoms with Gasteiger partial charge in [-0.1, -0.05) is 6.07 Å². The summed E-state index contributed by atoms with van der Waals surface area (Å²) in [7, 11) is 3.52. The van der Waals surface area contributed by atoms with Crippen LogP contribution in [-0.2, 0) is 11.2 Å². The van der Waals surface area contributed by atoms with E-state index in [2.05, 4.69) is 24.0 Å². The lowest BCUT2D eigenvalue weighted by molar-refractivity contribution is -0.0625. The number of likely N-dealkylation sites (tertiary alicyclic amines) is 1. The van der Waals surface area contributed by atoms with Crippen LogP contribution in [0.25, 0.3) is 0 Å². The Morgan fingerprint density at radius 1 is 1.33 bits per heavy atom. The number of methoxy groups -OCH3 is 2. The highest BCUT2D eigenvalue weighted by Gasteiger charge is 2.39. The minimum Gasteiger partial charge on any atom is -0.497 e. The fourth-order valence-electron chi connectivity index (χ4n) is 3.81. The van der Waals surface area contributed by atoms with Gasteiger partial charge in [-0.05, 0) is 56.0 Å². The predicted octanol–water partition coefficient (Wildman–Crippen LogP) is 2.12. The zero-order valence-electron chi connectivity index (χ0n) is 13.3. The standard InChI is InChI=1S/C17H26N2O2/c1-17(21-3)7-4-8-19(11-17)15-9-12-5-6-13(20-2)10-14(12)16(15)18/h5-6,10,15-16H,4,7-9,11,18H2,1-3H3. The van der Waals surface area contributed by atoms with Gasteiger partial charge in [-0.15, -0.1) is 0 Å². The molecule has 3 unspecified atom stereocenters. The number of nitrogens with two attached hydrogens (primary N) is 1. The Morgan fingerprint density at radius 3 is 2.86 bits per heavy atom. The van der Waals surface area contributed by atoms with Gasteiger partial charge in [-0.25, -0.2) is 0 Å². The molecule has 4 nitrogen and oxygen atoms in total. The molecule has 0 radical (unpaired) electrons. The van der Waals surface area contributed by atoms with E-state index in [-0.39, 0.29) is 11.6 Å². The third-order valence-electron chi connectivity index (χ3n) is 5.21. The number of benzene rings is 1. The van der Waals surface area contributed by atoms with Gasteiger partial charge >= 0.3 is 0 Å². The minimum absolute atomic E-state index is 0.0373. The maximum absolute atomic E-state index is 6.54. The fraction of sp³-hybridized carbons (Fsp3) is 0.647. The first-order valence-corrected chi connectivity index (χ1v) is 7.78. The lowest BCUT2D eigenvalue weighted by atomic mass is 9.92. The molecule has 3 rings (SSSR count). The highest BCUT2D eigenvalue weighted by Crippen LogP contribution is 2.37. The molecule has 0 saturated carbocycles. The van der Waals surface area contributed by atoms with Gasteiger partial charge in [0, 0.05) is 25.7 Å². The summed E-state index contributed by atoms with van der Waals surface area (Å²) >= 11 is 0. The molecular weight excluding hydrogens is 264 g/mol. The first-order chi connectivity index (χ1) is 10.1. The van der Waals surface area contributed by atoms with Crippen molar-refractivity contribution in [1.82, 2.24) is 4.90 Å². The quantitative estimate of drug-likeness (QED) is 0.926. The van der Waals surface area contributed by atoms with Crippen LogP contribution in [0.1, 0.15) is 36.9 Å². The molecule has 1 aromatic carbocycles. The predicted molar refractivity (Wildman–Crippen MR) is 83.6 cm³/mol. The van der Waals surface area contributed by atoms with Crippen molar-refractivity contribution in [2.75, 3.05) is 27.3 Å². The molecule has 2 aliphatic rings. The molecule has 1 heterocycles. The van der Waals surface area contributed by atoms with Gasteiger partial charge in [0.25, 0.3) is 0 Å². The molecule has 0 spiro atoms. The molecule has 0 amide bonds. The van der Waals surface area contributed by atoms with Crippen LogP contribution in [0.3, 0.4) is 0 Å². The minimum atomic E-state index is -0.0373. The van der Waals surface area contributed by atoms with E-state index in [9.17, 15) is 0 Å². The number of rotatable bonds is 3. The second-order valence-electron chi connectivity index (χ2n) is 6.59. The average Bonchev–Trinajstić information content (AvgIpc) is 2.84. The molecule has 2 N–H and O–H groups in total. The Labute approximate surface area is 127 Å². The third kappa shape index (κ3) is 2.68. The van der Waals surface area contributed by atoms with Gasteiger partial charge in [0.2, 0.25) is 0 Å². The van der Waals surface area contributed by atoms with Crippen molar-refractivity contribution >= 4 is 0 Å². The lowest BCUT2D eigenvalue weighted by Crippen LogP contribution is -2.53. The summed E-state index contributed by atoms with van der Waals surface area (Å²) in [6, 6.07) is 6.73. The van der Waals surface area contributed by atoms with Crippen LogP contribution in [0.2, 0.25) is 0 Å². The summed E-state index contributed by atoms with van der Waals surface area (Å²) in [4.78, 5) is 2.52. The SMILES string of the molecule is COc1ccc2c(c1)C(N)C(N1CCCC(C)(OC)C1)C2. The number of piperidine rings is 1. The van der Waals surface area contributed by atoms with Crippen LogP contribution in [0, 0.1) is 0 Å². The van der Waals surface area contributed by atoms with Crippen LogP contribution in [0.15, 0.2) is 18.2 Å². The Kier molecular flexibility index (Phi) is 3.95. The third-order valence-corrected chi connectivity index (χ3v) is 5.21. The molecule has 4 heteroatoms. The Hall–Kier alpha value is -1.10. The molecule has 0 aromatic heterocycles. The first kappa shape index (κ1) is 14.8. The van der Waals surface area contributed by atoms with Crippen LogP contribution in [-0.4, -0.2) is 43.9 Å². The van der Waals surface area contributed by atoms with Crippen molar-refractivity contribution < 1.29 is 9.47 Å².